The maximum Gasteiger partial charge on any atom is 0.416 e. The molecular formula is C29H32F3N3O3S. The Morgan fingerprint density at radius 1 is 1.05 bits per heavy atom. The fraction of sp³-hybridized carbons (Fsp3) is 0.379. The number of hydrogen-bond acceptors (Lipinski definition) is 5. The van der Waals surface area contributed by atoms with E-state index in [9.17, 15) is 26.4 Å². The lowest BCUT2D eigenvalue weighted by molar-refractivity contribution is -0.137. The summed E-state index contributed by atoms with van der Waals surface area (Å²) in [5.41, 5.74) is 3.05. The third-order valence-corrected chi connectivity index (χ3v) is 8.94. The van der Waals surface area contributed by atoms with Gasteiger partial charge in [-0.1, -0.05) is 45.0 Å². The highest BCUT2D eigenvalue weighted by Crippen LogP contribution is 2.45. The Labute approximate surface area is 227 Å². The van der Waals surface area contributed by atoms with Gasteiger partial charge in [-0.05, 0) is 59.9 Å². The van der Waals surface area contributed by atoms with Crippen molar-refractivity contribution in [3.63, 3.8) is 0 Å². The van der Waals surface area contributed by atoms with E-state index in [4.69, 9.17) is 0 Å². The first-order valence-electron chi connectivity index (χ1n) is 12.8. The summed E-state index contributed by atoms with van der Waals surface area (Å²) in [6.45, 7) is 8.43. The molecule has 2 aromatic carbocycles. The van der Waals surface area contributed by atoms with Gasteiger partial charge in [0.15, 0.2) is 9.84 Å². The summed E-state index contributed by atoms with van der Waals surface area (Å²) in [5.74, 6) is -0.0911. The number of halogens is 3. The smallest absolute Gasteiger partial charge is 0.348 e. The molecule has 2 atom stereocenters. The zero-order valence-corrected chi connectivity index (χ0v) is 23.1. The van der Waals surface area contributed by atoms with Gasteiger partial charge in [0.1, 0.15) is 0 Å². The van der Waals surface area contributed by atoms with Crippen LogP contribution in [0.4, 0.5) is 13.2 Å². The van der Waals surface area contributed by atoms with Gasteiger partial charge in [0.2, 0.25) is 0 Å². The first-order valence-corrected chi connectivity index (χ1v) is 14.5. The Morgan fingerprint density at radius 2 is 1.67 bits per heavy atom. The number of carbonyl (C=O) groups is 1. The molecule has 1 amide bonds. The molecule has 0 aliphatic carbocycles. The SMILES string of the molecule is CCS(=O)(=O)c1ccc(CNC(=O)c2cnc3c(c2)[C@@H](C)N(Cc2ccc(C(F)(F)F)cc2)C3C(C)C)cc1. The average molecular weight is 560 g/mol. The van der Waals surface area contributed by atoms with Gasteiger partial charge in [0, 0.05) is 25.3 Å². The third-order valence-electron chi connectivity index (χ3n) is 7.19. The molecule has 0 saturated carbocycles. The molecule has 0 fully saturated rings. The summed E-state index contributed by atoms with van der Waals surface area (Å²) in [6, 6.07) is 13.3. The van der Waals surface area contributed by atoms with E-state index in [1.54, 1.807) is 25.3 Å². The van der Waals surface area contributed by atoms with E-state index in [2.05, 4.69) is 29.0 Å². The van der Waals surface area contributed by atoms with Crippen molar-refractivity contribution in [2.24, 2.45) is 5.92 Å². The van der Waals surface area contributed by atoms with Gasteiger partial charge >= 0.3 is 6.18 Å². The zero-order chi connectivity index (χ0) is 28.5. The number of rotatable bonds is 8. The maximum absolute atomic E-state index is 13.0. The lowest BCUT2D eigenvalue weighted by Crippen LogP contribution is -2.28. The number of nitrogens with zero attached hydrogens (tertiary/aromatic N) is 2. The number of amides is 1. The van der Waals surface area contributed by atoms with Gasteiger partial charge in [-0.2, -0.15) is 13.2 Å². The second-order valence-corrected chi connectivity index (χ2v) is 12.4. The van der Waals surface area contributed by atoms with Crippen LogP contribution in [0.1, 0.15) is 78.1 Å². The standard InChI is InChI=1S/C29H32F3N3O3S/c1-5-39(37,38)24-12-8-20(9-13-24)15-34-28(36)22-14-25-19(4)35(27(18(2)3)26(25)33-16-22)17-21-6-10-23(11-7-21)29(30,31)32/h6-14,16,18-19,27H,5,15,17H2,1-4H3,(H,34,36)/t19-,27?/m1/s1. The molecule has 2 heterocycles. The number of alkyl halides is 3. The van der Waals surface area contributed by atoms with E-state index < -0.39 is 21.6 Å². The fourth-order valence-electron chi connectivity index (χ4n) is 4.98. The van der Waals surface area contributed by atoms with Crippen LogP contribution in [0.5, 0.6) is 0 Å². The minimum absolute atomic E-state index is 0.0201. The highest BCUT2D eigenvalue weighted by Gasteiger charge is 2.39. The van der Waals surface area contributed by atoms with Crippen molar-refractivity contribution < 1.29 is 26.4 Å². The van der Waals surface area contributed by atoms with Crippen LogP contribution < -0.4 is 5.32 Å². The Bertz CT molecular complexity index is 1440. The highest BCUT2D eigenvalue weighted by molar-refractivity contribution is 7.91. The van der Waals surface area contributed by atoms with Crippen LogP contribution in [-0.2, 0) is 29.1 Å². The number of sulfone groups is 1. The second-order valence-electron chi connectivity index (χ2n) is 10.2. The molecular weight excluding hydrogens is 527 g/mol. The minimum atomic E-state index is -4.38. The topological polar surface area (TPSA) is 79.4 Å². The van der Waals surface area contributed by atoms with Crippen molar-refractivity contribution in [1.82, 2.24) is 15.2 Å². The van der Waals surface area contributed by atoms with Gasteiger partial charge in [0.25, 0.3) is 5.91 Å². The number of fused-ring (bicyclic) bond motifs is 1. The molecule has 0 saturated heterocycles. The monoisotopic (exact) mass is 559 g/mol. The molecule has 1 unspecified atom stereocenters. The van der Waals surface area contributed by atoms with Crippen LogP contribution in [0.3, 0.4) is 0 Å². The Hall–Kier alpha value is -3.24. The summed E-state index contributed by atoms with van der Waals surface area (Å²) in [6.07, 6.45) is -2.83. The second kappa shape index (κ2) is 11.1. The predicted molar refractivity (Wildman–Crippen MR) is 143 cm³/mol. The number of nitrogens with one attached hydrogen (secondary N) is 1. The molecule has 4 rings (SSSR count). The summed E-state index contributed by atoms with van der Waals surface area (Å²) < 4.78 is 63.0. The summed E-state index contributed by atoms with van der Waals surface area (Å²) in [5, 5.41) is 2.86. The molecule has 0 spiro atoms. The zero-order valence-electron chi connectivity index (χ0n) is 22.3. The number of benzene rings is 2. The molecule has 6 nitrogen and oxygen atoms in total. The first-order chi connectivity index (χ1) is 18.3. The molecule has 10 heteroatoms. The Balaban J connectivity index is 1.49. The van der Waals surface area contributed by atoms with E-state index in [-0.39, 0.29) is 41.1 Å². The van der Waals surface area contributed by atoms with E-state index in [0.717, 1.165) is 34.5 Å². The van der Waals surface area contributed by atoms with Crippen LogP contribution in [0.2, 0.25) is 0 Å². The van der Waals surface area contributed by atoms with E-state index in [1.807, 2.05) is 13.0 Å². The number of aromatic nitrogens is 1. The lowest BCUT2D eigenvalue weighted by Gasteiger charge is -2.31. The third kappa shape index (κ3) is 6.17. The van der Waals surface area contributed by atoms with Crippen molar-refractivity contribution >= 4 is 15.7 Å². The molecule has 39 heavy (non-hydrogen) atoms. The Morgan fingerprint density at radius 3 is 2.23 bits per heavy atom. The summed E-state index contributed by atoms with van der Waals surface area (Å²) in [4.78, 5) is 20.1. The van der Waals surface area contributed by atoms with Crippen molar-refractivity contribution in [3.8, 4) is 0 Å². The van der Waals surface area contributed by atoms with E-state index in [0.29, 0.717) is 12.1 Å². The quantitative estimate of drug-likeness (QED) is 0.361. The van der Waals surface area contributed by atoms with Gasteiger partial charge in [-0.3, -0.25) is 14.7 Å². The van der Waals surface area contributed by atoms with E-state index >= 15 is 0 Å². The van der Waals surface area contributed by atoms with Crippen molar-refractivity contribution in [2.75, 3.05) is 5.75 Å². The van der Waals surface area contributed by atoms with E-state index in [1.165, 1.54) is 24.3 Å². The number of hydrogen-bond donors (Lipinski definition) is 1. The molecule has 1 aliphatic heterocycles. The molecule has 0 radical (unpaired) electrons. The first kappa shape index (κ1) is 28.8. The van der Waals surface area contributed by atoms with Gasteiger partial charge in [-0.15, -0.1) is 0 Å². The van der Waals surface area contributed by atoms with Crippen molar-refractivity contribution in [2.45, 2.75) is 63.9 Å². The minimum Gasteiger partial charge on any atom is -0.348 e. The van der Waals surface area contributed by atoms with Crippen LogP contribution in [0, 0.1) is 5.92 Å². The summed E-state index contributed by atoms with van der Waals surface area (Å²) in [7, 11) is -3.29. The number of carbonyl (C=O) groups excluding carboxylic acids is 1. The average Bonchev–Trinajstić information content (AvgIpc) is 3.18. The molecule has 208 valence electrons. The van der Waals surface area contributed by atoms with Crippen molar-refractivity contribution in [1.29, 1.82) is 0 Å². The number of pyridine rings is 1. The largest absolute Gasteiger partial charge is 0.416 e. The molecule has 1 aliphatic rings. The van der Waals surface area contributed by atoms with Crippen LogP contribution >= 0.6 is 0 Å². The van der Waals surface area contributed by atoms with Crippen LogP contribution in [0.15, 0.2) is 65.7 Å². The fourth-order valence-corrected chi connectivity index (χ4v) is 5.87. The van der Waals surface area contributed by atoms with Gasteiger partial charge in [0.05, 0.1) is 33.5 Å². The molecule has 3 aromatic rings. The maximum atomic E-state index is 13.0. The molecule has 0 bridgehead atoms. The summed E-state index contributed by atoms with van der Waals surface area (Å²) >= 11 is 0. The van der Waals surface area contributed by atoms with Crippen LogP contribution in [-0.4, -0.2) is 30.0 Å². The highest BCUT2D eigenvalue weighted by atomic mass is 32.2. The normalized spacial score (nSPS) is 17.8. The Kier molecular flexibility index (Phi) is 8.18. The predicted octanol–water partition coefficient (Wildman–Crippen LogP) is 6.10. The lowest BCUT2D eigenvalue weighted by atomic mass is 9.99. The molecule has 1 N–H and O–H groups in total. The van der Waals surface area contributed by atoms with Crippen LogP contribution in [0.25, 0.3) is 0 Å². The van der Waals surface area contributed by atoms with Gasteiger partial charge < -0.3 is 5.32 Å². The van der Waals surface area contributed by atoms with Gasteiger partial charge in [-0.25, -0.2) is 8.42 Å². The molecule has 1 aromatic heterocycles. The van der Waals surface area contributed by atoms with Crippen molar-refractivity contribution in [3.05, 3.63) is 94.3 Å².